The van der Waals surface area contributed by atoms with E-state index in [4.69, 9.17) is 0 Å². The van der Waals surface area contributed by atoms with Crippen molar-refractivity contribution in [1.82, 2.24) is 4.98 Å². The fraction of sp³-hybridized carbons (Fsp3) is 0.167. The van der Waals surface area contributed by atoms with Crippen molar-refractivity contribution < 1.29 is 26.5 Å². The quantitative estimate of drug-likeness (QED) is 0.493. The molecule has 1 aromatic rings. The van der Waals surface area contributed by atoms with E-state index >= 15 is 0 Å². The number of alkyl halides is 2. The van der Waals surface area contributed by atoms with E-state index in [1.165, 1.54) is 0 Å². The Labute approximate surface area is 92.3 Å². The Kier molecular flexibility index (Phi) is 3.33. The molecule has 0 bridgehead atoms. The first-order valence-corrected chi connectivity index (χ1v) is 5.35. The average molecular weight is 271 g/mol. The van der Waals surface area contributed by atoms with Crippen molar-refractivity contribution in [3.8, 4) is 0 Å². The maximum absolute atomic E-state index is 13.0. The molecule has 0 unspecified atom stereocenters. The Morgan fingerprint density at radius 3 is 2.35 bits per heavy atom. The second-order valence-corrected chi connectivity index (χ2v) is 4.32. The SMILES string of the molecule is NS(=O)(=O)c1cc([N+](=O)[O-])nc(F)c1C(F)F. The summed E-state index contributed by atoms with van der Waals surface area (Å²) in [4.78, 5) is 10.3. The largest absolute Gasteiger partial charge is 0.368 e. The van der Waals surface area contributed by atoms with E-state index in [1.54, 1.807) is 0 Å². The number of rotatable bonds is 3. The van der Waals surface area contributed by atoms with Crippen molar-refractivity contribution in [1.29, 1.82) is 0 Å². The monoisotopic (exact) mass is 271 g/mol. The zero-order chi connectivity index (χ0) is 13.4. The molecular weight excluding hydrogens is 267 g/mol. The maximum atomic E-state index is 13.0. The smallest absolute Gasteiger partial charge is 0.358 e. The van der Waals surface area contributed by atoms with Crippen LogP contribution < -0.4 is 5.14 Å². The Morgan fingerprint density at radius 2 is 2.00 bits per heavy atom. The fourth-order valence-corrected chi connectivity index (χ4v) is 1.77. The van der Waals surface area contributed by atoms with Gasteiger partial charge in [0.2, 0.25) is 10.0 Å². The normalized spacial score (nSPS) is 11.8. The van der Waals surface area contributed by atoms with Crippen molar-refractivity contribution in [2.24, 2.45) is 5.14 Å². The molecule has 0 aromatic carbocycles. The predicted octanol–water partition coefficient (Wildman–Crippen LogP) is 0.714. The van der Waals surface area contributed by atoms with Gasteiger partial charge in [-0.25, -0.2) is 22.3 Å². The van der Waals surface area contributed by atoms with Crippen molar-refractivity contribution in [2.45, 2.75) is 11.3 Å². The first-order valence-electron chi connectivity index (χ1n) is 3.80. The number of nitrogens with two attached hydrogens (primary N) is 1. The third kappa shape index (κ3) is 2.68. The summed E-state index contributed by atoms with van der Waals surface area (Å²) in [6.07, 6.45) is -3.52. The number of hydrogen-bond donors (Lipinski definition) is 1. The Morgan fingerprint density at radius 1 is 1.47 bits per heavy atom. The summed E-state index contributed by atoms with van der Waals surface area (Å²) in [5.74, 6) is -3.17. The van der Waals surface area contributed by atoms with E-state index in [2.05, 4.69) is 10.1 Å². The lowest BCUT2D eigenvalue weighted by atomic mass is 10.3. The lowest BCUT2D eigenvalue weighted by Crippen LogP contribution is -2.17. The molecule has 0 spiro atoms. The predicted molar refractivity (Wildman–Crippen MR) is 47.2 cm³/mol. The highest BCUT2D eigenvalue weighted by Crippen LogP contribution is 2.29. The van der Waals surface area contributed by atoms with Gasteiger partial charge in [0.25, 0.3) is 6.43 Å². The van der Waals surface area contributed by atoms with Crippen molar-refractivity contribution in [3.63, 3.8) is 0 Å². The van der Waals surface area contributed by atoms with E-state index in [9.17, 15) is 31.7 Å². The second kappa shape index (κ2) is 4.25. The molecule has 0 aliphatic heterocycles. The number of halogens is 3. The summed E-state index contributed by atoms with van der Waals surface area (Å²) in [7, 11) is -4.72. The van der Waals surface area contributed by atoms with Crippen LogP contribution >= 0.6 is 0 Å². The second-order valence-electron chi connectivity index (χ2n) is 2.79. The maximum Gasteiger partial charge on any atom is 0.368 e. The van der Waals surface area contributed by atoms with Crippen LogP contribution in [0.5, 0.6) is 0 Å². The van der Waals surface area contributed by atoms with E-state index in [0.717, 1.165) is 0 Å². The van der Waals surface area contributed by atoms with Crippen LogP contribution in [-0.4, -0.2) is 18.3 Å². The third-order valence-corrected chi connectivity index (χ3v) is 2.62. The molecular formula is C6H4F3N3O4S. The summed E-state index contributed by atoms with van der Waals surface area (Å²) >= 11 is 0. The van der Waals surface area contributed by atoms with E-state index < -0.39 is 43.6 Å². The summed E-state index contributed by atoms with van der Waals surface area (Å²) in [5.41, 5.74) is -1.59. The molecule has 1 aromatic heterocycles. The summed E-state index contributed by atoms with van der Waals surface area (Å²) in [5, 5.41) is 14.8. The van der Waals surface area contributed by atoms with Gasteiger partial charge in [0.05, 0.1) is 6.07 Å². The number of pyridine rings is 1. The van der Waals surface area contributed by atoms with Crippen LogP contribution in [0.1, 0.15) is 12.0 Å². The standard InChI is InChI=1S/C6H4F3N3O4S/c7-5(8)4-2(17(10,15)16)1-3(12(13)14)11-6(4)9/h1,5H,(H2,10,15,16). The zero-order valence-electron chi connectivity index (χ0n) is 7.80. The van der Waals surface area contributed by atoms with Gasteiger partial charge in [-0.3, -0.25) is 0 Å². The van der Waals surface area contributed by atoms with Crippen LogP contribution in [0.2, 0.25) is 0 Å². The molecule has 1 rings (SSSR count). The highest BCUT2D eigenvalue weighted by molar-refractivity contribution is 7.89. The number of sulfonamides is 1. The van der Waals surface area contributed by atoms with E-state index in [-0.39, 0.29) is 6.07 Å². The molecule has 17 heavy (non-hydrogen) atoms. The molecule has 0 aliphatic rings. The first kappa shape index (κ1) is 13.3. The minimum Gasteiger partial charge on any atom is -0.358 e. The van der Waals surface area contributed by atoms with Crippen LogP contribution in [-0.2, 0) is 10.0 Å². The number of primary sulfonamides is 1. The molecule has 0 atom stereocenters. The van der Waals surface area contributed by atoms with E-state index in [1.807, 2.05) is 0 Å². The van der Waals surface area contributed by atoms with Crippen LogP contribution in [0.25, 0.3) is 0 Å². The van der Waals surface area contributed by atoms with Gasteiger partial charge in [-0.05, 0) is 9.91 Å². The van der Waals surface area contributed by atoms with Gasteiger partial charge in [-0.2, -0.15) is 4.39 Å². The number of nitrogens with zero attached hydrogens (tertiary/aromatic N) is 2. The van der Waals surface area contributed by atoms with Crippen molar-refractivity contribution >= 4 is 15.8 Å². The lowest BCUT2D eigenvalue weighted by molar-refractivity contribution is -0.390. The summed E-state index contributed by atoms with van der Waals surface area (Å²) in [6, 6.07) is 0.180. The molecule has 0 saturated heterocycles. The number of hydrogen-bond acceptors (Lipinski definition) is 5. The molecule has 11 heteroatoms. The van der Waals surface area contributed by atoms with Crippen molar-refractivity contribution in [3.05, 3.63) is 27.7 Å². The molecule has 7 nitrogen and oxygen atoms in total. The van der Waals surface area contributed by atoms with Gasteiger partial charge in [-0.1, -0.05) is 0 Å². The highest BCUT2D eigenvalue weighted by atomic mass is 32.2. The molecule has 0 saturated carbocycles. The lowest BCUT2D eigenvalue weighted by Gasteiger charge is -2.05. The summed E-state index contributed by atoms with van der Waals surface area (Å²) < 4.78 is 59.6. The van der Waals surface area contributed by atoms with Gasteiger partial charge in [0.1, 0.15) is 10.5 Å². The van der Waals surface area contributed by atoms with Crippen LogP contribution in [0.3, 0.4) is 0 Å². The zero-order valence-corrected chi connectivity index (χ0v) is 8.62. The Bertz CT molecular complexity index is 574. The van der Waals surface area contributed by atoms with Crippen LogP contribution in [0.15, 0.2) is 11.0 Å². The van der Waals surface area contributed by atoms with E-state index in [0.29, 0.717) is 0 Å². The first-order chi connectivity index (χ1) is 7.64. The van der Waals surface area contributed by atoms with Crippen LogP contribution in [0, 0.1) is 16.1 Å². The minimum absolute atomic E-state index is 0.180. The number of nitro groups is 1. The number of aromatic nitrogens is 1. The molecule has 0 radical (unpaired) electrons. The molecule has 1 heterocycles. The summed E-state index contributed by atoms with van der Waals surface area (Å²) in [6.45, 7) is 0. The Balaban J connectivity index is 3.69. The average Bonchev–Trinajstić information content (AvgIpc) is 2.14. The highest BCUT2D eigenvalue weighted by Gasteiger charge is 2.31. The topological polar surface area (TPSA) is 116 Å². The van der Waals surface area contributed by atoms with Gasteiger partial charge < -0.3 is 10.1 Å². The van der Waals surface area contributed by atoms with Crippen molar-refractivity contribution in [2.75, 3.05) is 0 Å². The van der Waals surface area contributed by atoms with Gasteiger partial charge in [0, 0.05) is 0 Å². The van der Waals surface area contributed by atoms with Crippen LogP contribution in [0.4, 0.5) is 19.0 Å². The fourth-order valence-electron chi connectivity index (χ4n) is 1.02. The molecule has 0 aliphatic carbocycles. The Hall–Kier alpha value is -1.75. The minimum atomic E-state index is -4.72. The van der Waals surface area contributed by atoms with Gasteiger partial charge in [0.15, 0.2) is 0 Å². The molecule has 0 amide bonds. The third-order valence-electron chi connectivity index (χ3n) is 1.67. The molecule has 94 valence electrons. The molecule has 0 fully saturated rings. The molecule has 2 N–H and O–H groups in total. The van der Waals surface area contributed by atoms with Gasteiger partial charge >= 0.3 is 11.8 Å². The van der Waals surface area contributed by atoms with Gasteiger partial charge in [-0.15, -0.1) is 0 Å².